The van der Waals surface area contributed by atoms with Crippen molar-refractivity contribution in [3.8, 4) is 11.5 Å². The van der Waals surface area contributed by atoms with E-state index in [2.05, 4.69) is 107 Å². The first-order valence-electron chi connectivity index (χ1n) is 18.7. The van der Waals surface area contributed by atoms with Crippen LogP contribution in [0.1, 0.15) is 119 Å². The summed E-state index contributed by atoms with van der Waals surface area (Å²) in [6.07, 6.45) is 4.98. The molecule has 0 saturated heterocycles. The third kappa shape index (κ3) is 5.33. The summed E-state index contributed by atoms with van der Waals surface area (Å²) in [4.78, 5) is 0. The van der Waals surface area contributed by atoms with Crippen LogP contribution in [0.5, 0.6) is 11.5 Å². The first-order chi connectivity index (χ1) is 22.7. The van der Waals surface area contributed by atoms with Crippen LogP contribution in [0.4, 0.5) is 0 Å². The number of hydrogen-bond donors (Lipinski definition) is 2. The quantitative estimate of drug-likeness (QED) is 0.299. The summed E-state index contributed by atoms with van der Waals surface area (Å²) in [5.74, 6) is 1.26. The van der Waals surface area contributed by atoms with Gasteiger partial charge in [0, 0.05) is 25.7 Å². The zero-order chi connectivity index (χ0) is 36.8. The molecule has 0 aromatic heterocycles. The van der Waals surface area contributed by atoms with Crippen LogP contribution in [-0.2, 0) is 36.5 Å². The average Bonchev–Trinajstić information content (AvgIpc) is 3.51. The van der Waals surface area contributed by atoms with Crippen LogP contribution in [0.3, 0.4) is 0 Å². The summed E-state index contributed by atoms with van der Waals surface area (Å²) in [6, 6.07) is 8.61. The standard InChI is InChI=1S/C44H56O4/c1-39(2,3)31-15-25-13-27-17-33(41(7,8)9)24-44(37(27)45)22-30-20-32(40(4,5)6)16-26(36(30)48-44)14-28-18-34(42(10,11)12)23-43(38(28)46)21-29(19-31)35(25)47-43/h15-20,23-24,37-38,45-46H,13-14,21-22H2,1-12H3/t37-,38-,43-,44+/m0/s1/i37D,38D. The van der Waals surface area contributed by atoms with Gasteiger partial charge in [-0.1, -0.05) is 120 Å². The predicted octanol–water partition coefficient (Wildman–Crippen LogP) is 8.97. The van der Waals surface area contributed by atoms with Crippen LogP contribution >= 0.6 is 0 Å². The van der Waals surface area contributed by atoms with Crippen molar-refractivity contribution in [3.63, 3.8) is 0 Å². The number of ether oxygens (including phenoxy) is 2. The first kappa shape index (κ1) is 30.9. The van der Waals surface area contributed by atoms with Crippen LogP contribution < -0.4 is 9.47 Å². The van der Waals surface area contributed by atoms with Crippen molar-refractivity contribution in [2.75, 3.05) is 0 Å². The van der Waals surface area contributed by atoms with Gasteiger partial charge in [-0.2, -0.15) is 0 Å². The molecule has 0 fully saturated rings. The molecular weight excluding hydrogens is 592 g/mol. The van der Waals surface area contributed by atoms with E-state index in [1.807, 2.05) is 24.3 Å². The van der Waals surface area contributed by atoms with Gasteiger partial charge >= 0.3 is 0 Å². The molecule has 2 aromatic carbocycles. The second-order valence-electron chi connectivity index (χ2n) is 19.2. The van der Waals surface area contributed by atoms with E-state index >= 15 is 0 Å². The fourth-order valence-corrected chi connectivity index (χ4v) is 7.91. The Morgan fingerprint density at radius 3 is 1.21 bits per heavy atom. The fourth-order valence-electron chi connectivity index (χ4n) is 7.91. The Labute approximate surface area is 291 Å². The monoisotopic (exact) mass is 650 g/mol. The lowest BCUT2D eigenvalue weighted by atomic mass is 9.71. The van der Waals surface area contributed by atoms with Crippen LogP contribution in [-0.4, -0.2) is 33.6 Å². The number of fused-ring (bicyclic) bond motifs is 2. The van der Waals surface area contributed by atoms with Crippen molar-refractivity contribution in [3.05, 3.63) is 104 Å². The Balaban J connectivity index is 1.57. The lowest BCUT2D eigenvalue weighted by Gasteiger charge is -2.40. The van der Waals surface area contributed by atoms with Gasteiger partial charge in [0.15, 0.2) is 11.2 Å². The van der Waals surface area contributed by atoms with Gasteiger partial charge in [-0.15, -0.1) is 0 Å². The number of allylic oxidation sites excluding steroid dienone is 4. The zero-order valence-corrected chi connectivity index (χ0v) is 31.2. The molecule has 7 rings (SSSR count). The van der Waals surface area contributed by atoms with Crippen LogP contribution in [0.2, 0.25) is 0 Å². The Bertz CT molecular complexity index is 1800. The minimum Gasteiger partial charge on any atom is -0.479 e. The van der Waals surface area contributed by atoms with E-state index in [1.54, 1.807) is 0 Å². The number of rotatable bonds is 0. The lowest BCUT2D eigenvalue weighted by molar-refractivity contribution is 0.00717. The largest absolute Gasteiger partial charge is 0.479 e. The smallest absolute Gasteiger partial charge is 0.161 e. The maximum absolute atomic E-state index is 12.6. The van der Waals surface area contributed by atoms with Gasteiger partial charge in [-0.05, 0) is 89.5 Å². The van der Waals surface area contributed by atoms with E-state index in [1.165, 1.54) is 0 Å². The van der Waals surface area contributed by atoms with Gasteiger partial charge in [0.1, 0.15) is 23.7 Å². The number of hydrogen-bond acceptors (Lipinski definition) is 4. The molecule has 2 aliphatic carbocycles. The molecule has 48 heavy (non-hydrogen) atoms. The van der Waals surface area contributed by atoms with Gasteiger partial charge in [0.05, 0.1) is 2.74 Å². The lowest BCUT2D eigenvalue weighted by Crippen LogP contribution is -2.49. The summed E-state index contributed by atoms with van der Waals surface area (Å²) in [5, 5.41) is 25.2. The topological polar surface area (TPSA) is 58.9 Å². The molecule has 2 spiro atoms. The molecule has 0 unspecified atom stereocenters. The molecule has 0 radical (unpaired) electrons. The molecule has 0 saturated carbocycles. The SMILES string of the molecule is [2H][C@]1(O)C2=CC(C(C)(C)C)=C[C@@]13Cc1cc(C(C)(C)C)cc(c1O3)CC1=CC(C(C)(C)C)=C[C@]3(Cc4cc(C(C)(C)C)cc(c4O3)C2)[C@@]1([2H])O. The molecular formula is C44H56O4. The van der Waals surface area contributed by atoms with E-state index < -0.39 is 23.4 Å². The maximum atomic E-state index is 12.6. The molecule has 256 valence electrons. The molecule has 3 aliphatic heterocycles. The maximum Gasteiger partial charge on any atom is 0.161 e. The van der Waals surface area contributed by atoms with Gasteiger partial charge in [0.25, 0.3) is 0 Å². The Hall–Kier alpha value is -3.08. The minimum absolute atomic E-state index is 0.199. The Morgan fingerprint density at radius 1 is 0.562 bits per heavy atom. The van der Waals surface area contributed by atoms with Gasteiger partial charge < -0.3 is 19.7 Å². The number of benzene rings is 2. The minimum atomic E-state index is -2.09. The summed E-state index contributed by atoms with van der Waals surface area (Å²) in [7, 11) is 0. The van der Waals surface area contributed by atoms with Crippen molar-refractivity contribution in [1.29, 1.82) is 0 Å². The summed E-state index contributed by atoms with van der Waals surface area (Å²) in [5.41, 5.74) is 5.18. The highest BCUT2D eigenvalue weighted by Gasteiger charge is 2.52. The van der Waals surface area contributed by atoms with E-state index in [0.717, 1.165) is 44.5 Å². The second kappa shape index (κ2) is 10.2. The molecule has 2 N–H and O–H groups in total. The summed E-state index contributed by atoms with van der Waals surface area (Å²) in [6.45, 7) is 26.0. The molecule has 3 heterocycles. The number of aliphatic hydroxyl groups is 2. The third-order valence-electron chi connectivity index (χ3n) is 11.0. The van der Waals surface area contributed by atoms with Crippen LogP contribution in [0.15, 0.2) is 70.9 Å². The van der Waals surface area contributed by atoms with E-state index in [9.17, 15) is 13.0 Å². The fraction of sp³-hybridized carbons (Fsp3) is 0.545. The molecule has 4 heteroatoms. The highest BCUT2D eigenvalue weighted by Crippen LogP contribution is 2.53. The van der Waals surface area contributed by atoms with Crippen molar-refractivity contribution >= 4 is 0 Å². The summed E-state index contributed by atoms with van der Waals surface area (Å²) < 4.78 is 33.8. The normalized spacial score (nSPS) is 31.7. The van der Waals surface area contributed by atoms with Crippen molar-refractivity contribution < 1.29 is 22.4 Å². The van der Waals surface area contributed by atoms with Gasteiger partial charge in [0.2, 0.25) is 0 Å². The molecule has 4 nitrogen and oxygen atoms in total. The van der Waals surface area contributed by atoms with Crippen molar-refractivity contribution in [2.24, 2.45) is 10.8 Å². The second-order valence-corrected chi connectivity index (χ2v) is 19.2. The van der Waals surface area contributed by atoms with E-state index in [0.29, 0.717) is 35.5 Å². The third-order valence-corrected chi connectivity index (χ3v) is 11.0. The van der Waals surface area contributed by atoms with Gasteiger partial charge in [-0.25, -0.2) is 0 Å². The Kier molecular flexibility index (Phi) is 6.60. The molecule has 2 aromatic rings. The van der Waals surface area contributed by atoms with Crippen molar-refractivity contribution in [2.45, 2.75) is 143 Å². The van der Waals surface area contributed by atoms with Crippen molar-refractivity contribution in [1.82, 2.24) is 0 Å². The average molecular weight is 651 g/mol. The van der Waals surface area contributed by atoms with E-state index in [4.69, 9.17) is 9.47 Å². The molecule has 6 bridgehead atoms. The predicted molar refractivity (Wildman–Crippen MR) is 195 cm³/mol. The van der Waals surface area contributed by atoms with Crippen LogP contribution in [0.25, 0.3) is 0 Å². The highest BCUT2D eigenvalue weighted by atomic mass is 16.5. The Morgan fingerprint density at radius 2 is 0.896 bits per heavy atom. The summed E-state index contributed by atoms with van der Waals surface area (Å²) >= 11 is 0. The first-order valence-corrected chi connectivity index (χ1v) is 17.7. The van der Waals surface area contributed by atoms with E-state index in [-0.39, 0.29) is 34.5 Å². The van der Waals surface area contributed by atoms with Gasteiger partial charge in [-0.3, -0.25) is 0 Å². The van der Waals surface area contributed by atoms with Crippen LogP contribution in [0, 0.1) is 10.8 Å². The molecule has 4 atom stereocenters. The highest BCUT2D eigenvalue weighted by molar-refractivity contribution is 5.60. The molecule has 5 aliphatic rings. The molecule has 0 amide bonds. The zero-order valence-electron chi connectivity index (χ0n) is 33.2.